The molecule has 1 N–H and O–H groups in total. The van der Waals surface area contributed by atoms with Crippen LogP contribution in [0, 0.1) is 5.92 Å². The molecule has 0 aliphatic heterocycles. The molecule has 0 spiro atoms. The molecule has 1 aromatic carbocycles. The first-order chi connectivity index (χ1) is 15.8. The van der Waals surface area contributed by atoms with E-state index in [1.165, 1.54) is 25.2 Å². The number of fused-ring (bicyclic) bond motifs is 4. The van der Waals surface area contributed by atoms with Gasteiger partial charge >= 0.3 is 0 Å². The number of pyridine rings is 1. The number of alkyl halides is 2. The van der Waals surface area contributed by atoms with Gasteiger partial charge in [0.1, 0.15) is 16.6 Å². The van der Waals surface area contributed by atoms with E-state index < -0.39 is 5.92 Å². The fraction of sp³-hybridized carbons (Fsp3) is 0.480. The molecule has 172 valence electrons. The number of hydrogen-bond donors (Lipinski definition) is 1. The molecule has 0 unspecified atom stereocenters. The van der Waals surface area contributed by atoms with Crippen LogP contribution in [0.3, 0.4) is 0 Å². The molecule has 0 amide bonds. The van der Waals surface area contributed by atoms with Crippen molar-refractivity contribution in [3.05, 3.63) is 62.2 Å². The Labute approximate surface area is 198 Å². The molecule has 3 aromatic rings. The minimum atomic E-state index is -2.77. The van der Waals surface area contributed by atoms with Crippen LogP contribution in [0.15, 0.2) is 40.0 Å². The summed E-state index contributed by atoms with van der Waals surface area (Å²) in [6.45, 7) is 1.96. The van der Waals surface area contributed by atoms with Gasteiger partial charge in [-0.2, -0.15) is 0 Å². The maximum atomic E-state index is 14.3. The molecule has 2 fully saturated rings. The van der Waals surface area contributed by atoms with Crippen LogP contribution in [0.25, 0.3) is 10.9 Å². The van der Waals surface area contributed by atoms with E-state index in [0.29, 0.717) is 28.1 Å². The van der Waals surface area contributed by atoms with Gasteiger partial charge in [0, 0.05) is 23.7 Å². The van der Waals surface area contributed by atoms with Crippen LogP contribution in [0.5, 0.6) is 0 Å². The Kier molecular flexibility index (Phi) is 4.70. The second-order valence-corrected chi connectivity index (χ2v) is 10.7. The van der Waals surface area contributed by atoms with Crippen LogP contribution in [0.4, 0.5) is 14.6 Å². The average molecular weight is 515 g/mol. The van der Waals surface area contributed by atoms with Crippen molar-refractivity contribution < 1.29 is 8.78 Å². The standard InChI is InChI=1S/C25H25BrF2N4O/c1-14(16-3-2-4-19-17(16)7-10-25(19,27)28)31-22-18-12-32(24-8-5-15(11-24)6-9-24)23(33)20(26)21(18)29-13-30-22/h2-4,12-15H,5-11H2,1H3,(H,29,30,31)/t14-,15?,24?/m0/s1. The summed E-state index contributed by atoms with van der Waals surface area (Å²) in [7, 11) is 0. The van der Waals surface area contributed by atoms with Gasteiger partial charge < -0.3 is 9.88 Å². The van der Waals surface area contributed by atoms with Gasteiger partial charge in [-0.05, 0) is 78.4 Å². The SMILES string of the molecule is C[C@H](Nc1ncnc2c(Br)c(=O)n(C34CCC(CC3)C4)cc12)c1cccc2c1CCC2(F)F. The summed E-state index contributed by atoms with van der Waals surface area (Å²) in [5, 5.41) is 4.19. The summed E-state index contributed by atoms with van der Waals surface area (Å²) in [4.78, 5) is 22.1. The zero-order chi connectivity index (χ0) is 23.0. The molecule has 8 heteroatoms. The van der Waals surface area contributed by atoms with E-state index >= 15 is 0 Å². The quantitative estimate of drug-likeness (QED) is 0.460. The Bertz CT molecular complexity index is 1330. The van der Waals surface area contributed by atoms with E-state index in [9.17, 15) is 13.6 Å². The summed E-state index contributed by atoms with van der Waals surface area (Å²) in [5.41, 5.74) is 2.11. The van der Waals surface area contributed by atoms with Crippen LogP contribution in [-0.4, -0.2) is 14.5 Å². The molecule has 0 radical (unpaired) electrons. The summed E-state index contributed by atoms with van der Waals surface area (Å²) in [6.07, 6.45) is 8.98. The van der Waals surface area contributed by atoms with Gasteiger partial charge in [0.2, 0.25) is 0 Å². The molecule has 3 aliphatic carbocycles. The Balaban J connectivity index is 1.43. The van der Waals surface area contributed by atoms with Crippen LogP contribution in [-0.2, 0) is 17.9 Å². The van der Waals surface area contributed by atoms with E-state index in [2.05, 4.69) is 31.2 Å². The minimum absolute atomic E-state index is 0.0501. The first kappa shape index (κ1) is 21.2. The number of anilines is 1. The number of nitrogens with zero attached hydrogens (tertiary/aromatic N) is 3. The number of aromatic nitrogens is 3. The van der Waals surface area contributed by atoms with Crippen LogP contribution >= 0.6 is 15.9 Å². The fourth-order valence-corrected chi connectivity index (χ4v) is 6.89. The zero-order valence-corrected chi connectivity index (χ0v) is 20.0. The van der Waals surface area contributed by atoms with E-state index in [1.54, 1.807) is 6.07 Å². The highest BCUT2D eigenvalue weighted by atomic mass is 79.9. The summed E-state index contributed by atoms with van der Waals surface area (Å²) < 4.78 is 30.9. The second-order valence-electron chi connectivity index (χ2n) is 9.92. The number of halogens is 3. The third-order valence-electron chi connectivity index (χ3n) is 8.09. The molecule has 2 aromatic heterocycles. The van der Waals surface area contributed by atoms with Gasteiger partial charge in [-0.1, -0.05) is 18.2 Å². The third kappa shape index (κ3) is 3.16. The van der Waals surface area contributed by atoms with Crippen molar-refractivity contribution in [1.29, 1.82) is 0 Å². The van der Waals surface area contributed by atoms with Crippen molar-refractivity contribution in [2.45, 2.75) is 69.4 Å². The summed E-state index contributed by atoms with van der Waals surface area (Å²) >= 11 is 3.51. The van der Waals surface area contributed by atoms with Gasteiger partial charge in [-0.3, -0.25) is 4.79 Å². The molecular weight excluding hydrogens is 490 g/mol. The van der Waals surface area contributed by atoms with E-state index in [0.717, 1.165) is 35.8 Å². The lowest BCUT2D eigenvalue weighted by molar-refractivity contribution is -0.00184. The van der Waals surface area contributed by atoms with Crippen molar-refractivity contribution in [1.82, 2.24) is 14.5 Å². The van der Waals surface area contributed by atoms with E-state index in [1.807, 2.05) is 23.8 Å². The predicted octanol–water partition coefficient (Wildman–Crippen LogP) is 6.05. The highest BCUT2D eigenvalue weighted by Crippen LogP contribution is 2.52. The molecule has 0 saturated heterocycles. The second kappa shape index (κ2) is 7.32. The lowest BCUT2D eigenvalue weighted by atomic mass is 9.93. The largest absolute Gasteiger partial charge is 0.363 e. The molecule has 2 saturated carbocycles. The Morgan fingerprint density at radius 1 is 1.21 bits per heavy atom. The maximum absolute atomic E-state index is 14.3. The topological polar surface area (TPSA) is 59.8 Å². The van der Waals surface area contributed by atoms with Gasteiger partial charge in [0.05, 0.1) is 16.9 Å². The van der Waals surface area contributed by atoms with Gasteiger partial charge in [0.15, 0.2) is 0 Å². The lowest BCUT2D eigenvalue weighted by Crippen LogP contribution is -2.38. The highest BCUT2D eigenvalue weighted by Gasteiger charge is 2.47. The van der Waals surface area contributed by atoms with Gasteiger partial charge in [-0.15, -0.1) is 0 Å². The first-order valence-corrected chi connectivity index (χ1v) is 12.4. The molecule has 5 nitrogen and oxygen atoms in total. The monoisotopic (exact) mass is 514 g/mol. The van der Waals surface area contributed by atoms with Crippen LogP contribution in [0.2, 0.25) is 0 Å². The van der Waals surface area contributed by atoms with Crippen molar-refractivity contribution in [2.75, 3.05) is 5.32 Å². The van der Waals surface area contributed by atoms with E-state index in [-0.39, 0.29) is 29.1 Å². The first-order valence-electron chi connectivity index (χ1n) is 11.6. The number of hydrogen-bond acceptors (Lipinski definition) is 4. The lowest BCUT2D eigenvalue weighted by Gasteiger charge is -2.30. The molecule has 2 heterocycles. The summed E-state index contributed by atoms with van der Waals surface area (Å²) in [6, 6.07) is 4.91. The number of benzene rings is 1. The van der Waals surface area contributed by atoms with Crippen molar-refractivity contribution in [3.8, 4) is 0 Å². The highest BCUT2D eigenvalue weighted by molar-refractivity contribution is 9.10. The predicted molar refractivity (Wildman–Crippen MR) is 127 cm³/mol. The normalized spacial score (nSPS) is 26.0. The zero-order valence-electron chi connectivity index (χ0n) is 18.4. The fourth-order valence-electron chi connectivity index (χ4n) is 6.39. The van der Waals surface area contributed by atoms with Crippen molar-refractivity contribution >= 4 is 32.7 Å². The minimum Gasteiger partial charge on any atom is -0.363 e. The van der Waals surface area contributed by atoms with Gasteiger partial charge in [0.25, 0.3) is 11.5 Å². The van der Waals surface area contributed by atoms with E-state index in [4.69, 9.17) is 0 Å². The molecule has 2 bridgehead atoms. The maximum Gasteiger partial charge on any atom is 0.273 e. The van der Waals surface area contributed by atoms with Crippen LogP contribution < -0.4 is 10.9 Å². The van der Waals surface area contributed by atoms with Crippen molar-refractivity contribution in [3.63, 3.8) is 0 Å². The molecule has 6 rings (SSSR count). The summed E-state index contributed by atoms with van der Waals surface area (Å²) in [5.74, 6) is -1.46. The smallest absolute Gasteiger partial charge is 0.273 e. The number of rotatable bonds is 4. The molecule has 3 aliphatic rings. The Morgan fingerprint density at radius 2 is 2.00 bits per heavy atom. The Hall–Kier alpha value is -2.35. The van der Waals surface area contributed by atoms with Crippen molar-refractivity contribution in [2.24, 2.45) is 5.92 Å². The Morgan fingerprint density at radius 3 is 2.73 bits per heavy atom. The third-order valence-corrected chi connectivity index (χ3v) is 8.80. The molecular formula is C25H25BrF2N4O. The molecule has 33 heavy (non-hydrogen) atoms. The van der Waals surface area contributed by atoms with Gasteiger partial charge in [-0.25, -0.2) is 18.7 Å². The number of nitrogens with one attached hydrogen (secondary N) is 1. The van der Waals surface area contributed by atoms with Crippen LogP contribution in [0.1, 0.15) is 68.2 Å². The average Bonchev–Trinajstić information content (AvgIpc) is 3.50. The molecule has 1 atom stereocenters.